The number of nitrogens with zero attached hydrogens (tertiary/aromatic N) is 3. The van der Waals surface area contributed by atoms with Crippen molar-refractivity contribution in [2.75, 3.05) is 31.3 Å². The predicted octanol–water partition coefficient (Wildman–Crippen LogP) is 1.60. The number of aromatic nitrogens is 2. The van der Waals surface area contributed by atoms with Crippen LogP contribution in [0.2, 0.25) is 0 Å². The van der Waals surface area contributed by atoms with Gasteiger partial charge in [-0.2, -0.15) is 4.99 Å². The number of H-pyrrole nitrogens is 1. The third-order valence-corrected chi connectivity index (χ3v) is 4.89. The number of benzene rings is 2. The molecule has 156 valence electrons. The molecule has 1 aliphatic rings. The zero-order chi connectivity index (χ0) is 21.1. The number of aromatic amines is 1. The number of rotatable bonds is 5. The minimum absolute atomic E-state index is 0.0165. The van der Waals surface area contributed by atoms with Crippen molar-refractivity contribution in [2.45, 2.75) is 13.0 Å². The number of carbonyl (C=O) groups is 2. The van der Waals surface area contributed by atoms with Crippen LogP contribution in [0.3, 0.4) is 0 Å². The van der Waals surface area contributed by atoms with Crippen LogP contribution in [-0.4, -0.2) is 52.8 Å². The second-order valence-electron chi connectivity index (χ2n) is 6.90. The maximum absolute atomic E-state index is 13.5. The van der Waals surface area contributed by atoms with Crippen LogP contribution in [0.4, 0.5) is 10.1 Å². The van der Waals surface area contributed by atoms with Gasteiger partial charge in [0.05, 0.1) is 17.6 Å². The van der Waals surface area contributed by atoms with Crippen LogP contribution in [0, 0.1) is 5.82 Å². The summed E-state index contributed by atoms with van der Waals surface area (Å²) >= 11 is 0. The van der Waals surface area contributed by atoms with E-state index in [4.69, 9.17) is 4.74 Å². The Morgan fingerprint density at radius 3 is 2.90 bits per heavy atom. The first kappa shape index (κ1) is 20.0. The van der Waals surface area contributed by atoms with Crippen LogP contribution in [0.25, 0.3) is 11.0 Å². The van der Waals surface area contributed by atoms with Crippen molar-refractivity contribution in [3.63, 3.8) is 0 Å². The third kappa shape index (κ3) is 4.03. The van der Waals surface area contributed by atoms with E-state index in [1.165, 1.54) is 18.2 Å². The topological polar surface area (TPSA) is 99.9 Å². The molecule has 8 nitrogen and oxygen atoms in total. The fourth-order valence-electron chi connectivity index (χ4n) is 3.45. The van der Waals surface area contributed by atoms with Crippen LogP contribution < -0.4 is 10.5 Å². The highest BCUT2D eigenvalue weighted by molar-refractivity contribution is 5.97. The molecule has 1 aliphatic heterocycles. The number of aliphatic hydroxyl groups excluding tert-OH is 1. The van der Waals surface area contributed by atoms with Crippen LogP contribution in [-0.2, 0) is 16.1 Å². The van der Waals surface area contributed by atoms with E-state index in [9.17, 15) is 19.1 Å². The summed E-state index contributed by atoms with van der Waals surface area (Å²) in [7, 11) is 0. The zero-order valence-corrected chi connectivity index (χ0v) is 16.2. The number of aryl methyl sites for hydroxylation is 1. The first-order chi connectivity index (χ1) is 14.6. The quantitative estimate of drug-likeness (QED) is 0.665. The Labute approximate surface area is 171 Å². The summed E-state index contributed by atoms with van der Waals surface area (Å²) in [6.45, 7) is 1.39. The Balaban J connectivity index is 1.77. The molecule has 1 aromatic heterocycles. The summed E-state index contributed by atoms with van der Waals surface area (Å²) in [4.78, 5) is 33.6. The molecular weight excluding hydrogens is 391 g/mol. The molecule has 2 amide bonds. The van der Waals surface area contributed by atoms with Crippen molar-refractivity contribution in [1.82, 2.24) is 9.55 Å². The van der Waals surface area contributed by atoms with Gasteiger partial charge in [0.15, 0.2) is 0 Å². The number of ether oxygens (including phenoxy) is 1. The molecule has 1 saturated heterocycles. The standard InChI is InChI=1S/C21H21FN4O4/c22-15-4-1-3-14(11-15)20(29)24-21-23-17-12-16(25-8-10-30-13-19(25)28)5-6-18(17)26(21)7-2-9-27/h1,3-6,11-12,27H,2,7-10,13H2,(H,23,24,29). The molecule has 0 spiro atoms. The van der Waals surface area contributed by atoms with Gasteiger partial charge in [-0.15, -0.1) is 0 Å². The van der Waals surface area contributed by atoms with Gasteiger partial charge in [0, 0.05) is 30.9 Å². The van der Waals surface area contributed by atoms with E-state index in [0.717, 1.165) is 17.3 Å². The lowest BCUT2D eigenvalue weighted by atomic mass is 10.2. The first-order valence-corrected chi connectivity index (χ1v) is 9.63. The van der Waals surface area contributed by atoms with E-state index in [1.54, 1.807) is 9.47 Å². The number of fused-ring (bicyclic) bond motifs is 1. The summed E-state index contributed by atoms with van der Waals surface area (Å²) in [5, 5.41) is 9.24. The minimum atomic E-state index is -0.581. The van der Waals surface area contributed by atoms with Crippen molar-refractivity contribution in [3.05, 3.63) is 59.5 Å². The van der Waals surface area contributed by atoms with Crippen molar-refractivity contribution in [3.8, 4) is 0 Å². The van der Waals surface area contributed by atoms with Crippen LogP contribution >= 0.6 is 0 Å². The molecule has 30 heavy (non-hydrogen) atoms. The molecule has 4 rings (SSSR count). The van der Waals surface area contributed by atoms with Gasteiger partial charge in [-0.3, -0.25) is 9.59 Å². The molecule has 2 aromatic carbocycles. The predicted molar refractivity (Wildman–Crippen MR) is 107 cm³/mol. The molecule has 0 bridgehead atoms. The lowest BCUT2D eigenvalue weighted by Crippen LogP contribution is -2.41. The number of aliphatic hydroxyl groups is 1. The number of anilines is 1. The van der Waals surface area contributed by atoms with E-state index >= 15 is 0 Å². The zero-order valence-electron chi connectivity index (χ0n) is 16.2. The lowest BCUT2D eigenvalue weighted by Gasteiger charge is -2.26. The fraction of sp³-hybridized carbons (Fsp3) is 0.286. The van der Waals surface area contributed by atoms with E-state index in [-0.39, 0.29) is 30.3 Å². The Morgan fingerprint density at radius 1 is 1.27 bits per heavy atom. The minimum Gasteiger partial charge on any atom is -0.396 e. The van der Waals surface area contributed by atoms with Crippen molar-refractivity contribution < 1.29 is 23.8 Å². The summed E-state index contributed by atoms with van der Waals surface area (Å²) in [6, 6.07) is 10.8. The fourth-order valence-corrected chi connectivity index (χ4v) is 3.45. The van der Waals surface area contributed by atoms with E-state index in [1.807, 2.05) is 18.2 Å². The second kappa shape index (κ2) is 8.60. The molecule has 0 unspecified atom stereocenters. The van der Waals surface area contributed by atoms with Crippen LogP contribution in [0.15, 0.2) is 47.5 Å². The summed E-state index contributed by atoms with van der Waals surface area (Å²) in [5.41, 5.74) is 2.61. The van der Waals surface area contributed by atoms with Gasteiger partial charge in [-0.05, 0) is 42.8 Å². The summed E-state index contributed by atoms with van der Waals surface area (Å²) in [6.07, 6.45) is 0.470. The average molecular weight is 412 g/mol. The molecule has 0 radical (unpaired) electrons. The van der Waals surface area contributed by atoms with Gasteiger partial charge in [0.25, 0.3) is 11.8 Å². The van der Waals surface area contributed by atoms with Gasteiger partial charge in [-0.25, -0.2) is 4.39 Å². The monoisotopic (exact) mass is 412 g/mol. The third-order valence-electron chi connectivity index (χ3n) is 4.89. The lowest BCUT2D eigenvalue weighted by molar-refractivity contribution is -0.125. The number of hydrogen-bond donors (Lipinski definition) is 2. The van der Waals surface area contributed by atoms with Crippen LogP contribution in [0.1, 0.15) is 16.8 Å². The van der Waals surface area contributed by atoms with E-state index in [2.05, 4.69) is 9.98 Å². The molecule has 1 fully saturated rings. The number of carbonyl (C=O) groups excluding carboxylic acids is 2. The van der Waals surface area contributed by atoms with E-state index < -0.39 is 11.7 Å². The molecule has 0 aliphatic carbocycles. The first-order valence-electron chi connectivity index (χ1n) is 9.63. The molecule has 2 N–H and O–H groups in total. The highest BCUT2D eigenvalue weighted by Gasteiger charge is 2.21. The maximum Gasteiger partial charge on any atom is 0.280 e. The van der Waals surface area contributed by atoms with Crippen molar-refractivity contribution in [2.24, 2.45) is 4.99 Å². The molecule has 3 aromatic rings. The smallest absolute Gasteiger partial charge is 0.280 e. The molecular formula is C21H21FN4O4. The maximum atomic E-state index is 13.5. The number of amides is 2. The number of hydrogen-bond acceptors (Lipinski definition) is 4. The summed E-state index contributed by atoms with van der Waals surface area (Å²) in [5.74, 6) is -1.21. The molecule has 0 atom stereocenters. The number of halogens is 1. The number of morpholine rings is 1. The highest BCUT2D eigenvalue weighted by Crippen LogP contribution is 2.22. The van der Waals surface area contributed by atoms with Gasteiger partial charge in [0.2, 0.25) is 5.62 Å². The van der Waals surface area contributed by atoms with Gasteiger partial charge < -0.3 is 24.3 Å². The van der Waals surface area contributed by atoms with Gasteiger partial charge >= 0.3 is 0 Å². The Kier molecular flexibility index (Phi) is 5.73. The number of imidazole rings is 1. The summed E-state index contributed by atoms with van der Waals surface area (Å²) < 4.78 is 20.4. The largest absolute Gasteiger partial charge is 0.396 e. The van der Waals surface area contributed by atoms with E-state index in [0.29, 0.717) is 31.6 Å². The molecule has 9 heteroatoms. The number of nitrogens with one attached hydrogen (secondary N) is 1. The molecule has 0 saturated carbocycles. The SMILES string of the molecule is O=C(/N=c1\[nH]c2cc(N3CCOCC3=O)ccc2n1CCCO)c1cccc(F)c1. The van der Waals surface area contributed by atoms with Gasteiger partial charge in [-0.1, -0.05) is 6.07 Å². The Hall–Kier alpha value is -3.30. The van der Waals surface area contributed by atoms with Gasteiger partial charge in [0.1, 0.15) is 12.4 Å². The highest BCUT2D eigenvalue weighted by atomic mass is 19.1. The molecule has 2 heterocycles. The van der Waals surface area contributed by atoms with Crippen molar-refractivity contribution >= 4 is 28.5 Å². The van der Waals surface area contributed by atoms with Crippen LogP contribution in [0.5, 0.6) is 0 Å². The second-order valence-corrected chi connectivity index (χ2v) is 6.90. The van der Waals surface area contributed by atoms with Crippen molar-refractivity contribution in [1.29, 1.82) is 0 Å². The Morgan fingerprint density at radius 2 is 2.13 bits per heavy atom. The average Bonchev–Trinajstić information content (AvgIpc) is 3.08. The normalized spacial score (nSPS) is 15.2. The Bertz CT molecular complexity index is 1170.